The molecule has 1 aromatic carbocycles. The van der Waals surface area contributed by atoms with Gasteiger partial charge in [-0.3, -0.25) is 4.79 Å². The van der Waals surface area contributed by atoms with Gasteiger partial charge in [0.2, 0.25) is 0 Å². The van der Waals surface area contributed by atoms with Crippen molar-refractivity contribution in [1.29, 1.82) is 0 Å². The zero-order valence-electron chi connectivity index (χ0n) is 11.8. The molecule has 6 heteroatoms. The summed E-state index contributed by atoms with van der Waals surface area (Å²) in [5, 5.41) is 3.42. The molecule has 4 nitrogen and oxygen atoms in total. The summed E-state index contributed by atoms with van der Waals surface area (Å²) in [7, 11) is 0. The number of pyridine rings is 1. The van der Waals surface area contributed by atoms with E-state index >= 15 is 0 Å². The molecule has 112 valence electrons. The minimum atomic E-state index is -0.394. The lowest BCUT2D eigenvalue weighted by Gasteiger charge is -2.10. The van der Waals surface area contributed by atoms with Crippen LogP contribution in [0.2, 0.25) is 5.15 Å². The van der Waals surface area contributed by atoms with Gasteiger partial charge in [-0.25, -0.2) is 9.37 Å². The first-order valence-electron chi connectivity index (χ1n) is 6.63. The van der Waals surface area contributed by atoms with Crippen molar-refractivity contribution in [2.75, 3.05) is 13.2 Å². The molecule has 0 fully saturated rings. The van der Waals surface area contributed by atoms with Gasteiger partial charge in [-0.15, -0.1) is 0 Å². The van der Waals surface area contributed by atoms with Crippen molar-refractivity contribution in [3.8, 4) is 0 Å². The highest BCUT2D eigenvalue weighted by atomic mass is 35.5. The molecule has 0 spiro atoms. The third-order valence-electron chi connectivity index (χ3n) is 2.82. The molecule has 1 aromatic heterocycles. The highest BCUT2D eigenvalue weighted by Crippen LogP contribution is 2.21. The number of rotatable bonds is 5. The lowest BCUT2D eigenvalue weighted by Crippen LogP contribution is -2.28. The highest BCUT2D eigenvalue weighted by molar-refractivity contribution is 6.33. The van der Waals surface area contributed by atoms with Crippen LogP contribution in [-0.2, 0) is 4.74 Å². The second-order valence-electron chi connectivity index (χ2n) is 4.84. The van der Waals surface area contributed by atoms with Gasteiger partial charge in [0.05, 0.1) is 23.8 Å². The Hall–Kier alpha value is -1.72. The third kappa shape index (κ3) is 4.12. The number of nitrogens with zero attached hydrogens (tertiary/aromatic N) is 1. The standard InChI is InChI=1S/C15H16ClFN2O2/c1-9(2)21-6-5-18-15(20)12-7-10-3-4-11(17)8-13(10)19-14(12)16/h3-4,7-9H,5-6H2,1-2H3,(H,18,20). The molecular formula is C15H16ClFN2O2. The summed E-state index contributed by atoms with van der Waals surface area (Å²) in [5.74, 6) is -0.722. The Balaban J connectivity index is 2.12. The van der Waals surface area contributed by atoms with E-state index in [4.69, 9.17) is 16.3 Å². The van der Waals surface area contributed by atoms with Gasteiger partial charge in [0.25, 0.3) is 5.91 Å². The fourth-order valence-corrected chi connectivity index (χ4v) is 2.06. The summed E-state index contributed by atoms with van der Waals surface area (Å²) >= 11 is 5.99. The molecule has 1 heterocycles. The van der Waals surface area contributed by atoms with Crippen molar-refractivity contribution in [1.82, 2.24) is 10.3 Å². The average molecular weight is 311 g/mol. The van der Waals surface area contributed by atoms with E-state index in [1.807, 2.05) is 13.8 Å². The third-order valence-corrected chi connectivity index (χ3v) is 3.10. The molecule has 1 N–H and O–H groups in total. The monoisotopic (exact) mass is 310 g/mol. The Kier molecular flexibility index (Phi) is 5.09. The van der Waals surface area contributed by atoms with Crippen LogP contribution in [0.3, 0.4) is 0 Å². The van der Waals surface area contributed by atoms with Crippen LogP contribution in [0.25, 0.3) is 10.9 Å². The zero-order valence-corrected chi connectivity index (χ0v) is 12.6. The van der Waals surface area contributed by atoms with Crippen LogP contribution < -0.4 is 5.32 Å². The van der Waals surface area contributed by atoms with Crippen LogP contribution in [0.4, 0.5) is 4.39 Å². The van der Waals surface area contributed by atoms with Crippen molar-refractivity contribution in [2.45, 2.75) is 20.0 Å². The van der Waals surface area contributed by atoms with Crippen molar-refractivity contribution >= 4 is 28.4 Å². The summed E-state index contributed by atoms with van der Waals surface area (Å²) in [6, 6.07) is 5.75. The van der Waals surface area contributed by atoms with Crippen LogP contribution in [0.1, 0.15) is 24.2 Å². The maximum Gasteiger partial charge on any atom is 0.254 e. The molecule has 0 saturated carbocycles. The molecule has 0 aliphatic heterocycles. The number of nitrogens with one attached hydrogen (secondary N) is 1. The topological polar surface area (TPSA) is 51.2 Å². The van der Waals surface area contributed by atoms with E-state index in [1.165, 1.54) is 12.1 Å². The number of hydrogen-bond acceptors (Lipinski definition) is 3. The Morgan fingerprint density at radius 1 is 1.43 bits per heavy atom. The van der Waals surface area contributed by atoms with Crippen molar-refractivity contribution < 1.29 is 13.9 Å². The first kappa shape index (κ1) is 15.7. The van der Waals surface area contributed by atoms with Crippen LogP contribution >= 0.6 is 11.6 Å². The number of halogens is 2. The molecule has 2 aromatic rings. The number of carbonyl (C=O) groups excluding carboxylic acids is 1. The number of aromatic nitrogens is 1. The van der Waals surface area contributed by atoms with E-state index in [-0.39, 0.29) is 22.7 Å². The number of benzene rings is 1. The van der Waals surface area contributed by atoms with Crippen LogP contribution in [-0.4, -0.2) is 30.1 Å². The van der Waals surface area contributed by atoms with Gasteiger partial charge in [-0.2, -0.15) is 0 Å². The summed E-state index contributed by atoms with van der Waals surface area (Å²) in [6.45, 7) is 4.65. The number of hydrogen-bond donors (Lipinski definition) is 1. The normalized spacial score (nSPS) is 11.1. The van der Waals surface area contributed by atoms with Crippen LogP contribution in [0, 0.1) is 5.82 Å². The molecule has 0 saturated heterocycles. The summed E-state index contributed by atoms with van der Waals surface area (Å²) in [5.41, 5.74) is 0.681. The van der Waals surface area contributed by atoms with E-state index < -0.39 is 5.82 Å². The molecule has 0 radical (unpaired) electrons. The molecule has 2 rings (SSSR count). The molecule has 0 atom stereocenters. The van der Waals surface area contributed by atoms with Gasteiger partial charge >= 0.3 is 0 Å². The summed E-state index contributed by atoms with van der Waals surface area (Å²) in [6.07, 6.45) is 0.114. The van der Waals surface area contributed by atoms with Crippen LogP contribution in [0.15, 0.2) is 24.3 Å². The zero-order chi connectivity index (χ0) is 15.4. The summed E-state index contributed by atoms with van der Waals surface area (Å²) in [4.78, 5) is 16.1. The second kappa shape index (κ2) is 6.83. The molecule has 21 heavy (non-hydrogen) atoms. The van der Waals surface area contributed by atoms with E-state index in [0.717, 1.165) is 0 Å². The number of carbonyl (C=O) groups is 1. The minimum absolute atomic E-state index is 0.0513. The fraction of sp³-hybridized carbons (Fsp3) is 0.333. The Bertz CT molecular complexity index is 661. The highest BCUT2D eigenvalue weighted by Gasteiger charge is 2.13. The van der Waals surface area contributed by atoms with E-state index in [0.29, 0.717) is 24.1 Å². The molecule has 0 aliphatic carbocycles. The van der Waals surface area contributed by atoms with Gasteiger partial charge in [0, 0.05) is 18.0 Å². The molecule has 0 aliphatic rings. The average Bonchev–Trinajstić information content (AvgIpc) is 2.42. The Labute approximate surface area is 127 Å². The Morgan fingerprint density at radius 2 is 2.19 bits per heavy atom. The summed E-state index contributed by atoms with van der Waals surface area (Å²) < 4.78 is 18.5. The number of amides is 1. The SMILES string of the molecule is CC(C)OCCNC(=O)c1cc2ccc(F)cc2nc1Cl. The van der Waals surface area contributed by atoms with Crippen LogP contribution in [0.5, 0.6) is 0 Å². The fourth-order valence-electron chi connectivity index (χ4n) is 1.83. The Morgan fingerprint density at radius 3 is 2.90 bits per heavy atom. The molecule has 0 unspecified atom stereocenters. The van der Waals surface area contributed by atoms with Crippen molar-refractivity contribution in [3.05, 3.63) is 40.8 Å². The maximum absolute atomic E-state index is 13.1. The lowest BCUT2D eigenvalue weighted by atomic mass is 10.1. The maximum atomic E-state index is 13.1. The first-order valence-corrected chi connectivity index (χ1v) is 7.01. The minimum Gasteiger partial charge on any atom is -0.377 e. The lowest BCUT2D eigenvalue weighted by molar-refractivity contribution is 0.0746. The largest absolute Gasteiger partial charge is 0.377 e. The van der Waals surface area contributed by atoms with Gasteiger partial charge < -0.3 is 10.1 Å². The predicted octanol–water partition coefficient (Wildman–Crippen LogP) is 3.18. The van der Waals surface area contributed by atoms with E-state index in [1.54, 1.807) is 12.1 Å². The van der Waals surface area contributed by atoms with E-state index in [9.17, 15) is 9.18 Å². The van der Waals surface area contributed by atoms with Gasteiger partial charge in [0.1, 0.15) is 11.0 Å². The molecular weight excluding hydrogens is 295 g/mol. The number of ether oxygens (including phenoxy) is 1. The number of fused-ring (bicyclic) bond motifs is 1. The molecule has 0 bridgehead atoms. The second-order valence-corrected chi connectivity index (χ2v) is 5.20. The van der Waals surface area contributed by atoms with Gasteiger partial charge in [-0.1, -0.05) is 11.6 Å². The van der Waals surface area contributed by atoms with Gasteiger partial charge in [-0.05, 0) is 32.0 Å². The predicted molar refractivity (Wildman–Crippen MR) is 80.1 cm³/mol. The molecule has 1 amide bonds. The van der Waals surface area contributed by atoms with Crippen molar-refractivity contribution in [2.24, 2.45) is 0 Å². The smallest absolute Gasteiger partial charge is 0.254 e. The quantitative estimate of drug-likeness (QED) is 0.681. The van der Waals surface area contributed by atoms with Gasteiger partial charge in [0.15, 0.2) is 0 Å². The van der Waals surface area contributed by atoms with E-state index in [2.05, 4.69) is 10.3 Å². The first-order chi connectivity index (χ1) is 9.97. The van der Waals surface area contributed by atoms with Crippen molar-refractivity contribution in [3.63, 3.8) is 0 Å².